The fourth-order valence-electron chi connectivity index (χ4n) is 3.39. The zero-order valence-corrected chi connectivity index (χ0v) is 12.0. The largest absolute Gasteiger partial charge is 0.377 e. The number of thiophene rings is 1. The van der Waals surface area contributed by atoms with Crippen LogP contribution in [-0.4, -0.2) is 6.04 Å². The number of nitrogens with one attached hydrogen (secondary N) is 1. The zero-order valence-electron chi connectivity index (χ0n) is 11.2. The van der Waals surface area contributed by atoms with Crippen LogP contribution in [0.3, 0.4) is 0 Å². The third-order valence-corrected chi connectivity index (χ3v) is 5.97. The highest BCUT2D eigenvalue weighted by molar-refractivity contribution is 7.20. The second kappa shape index (κ2) is 3.73. The van der Waals surface area contributed by atoms with Gasteiger partial charge in [-0.15, -0.1) is 11.3 Å². The maximum atomic E-state index is 3.75. The molecule has 2 aliphatic rings. The van der Waals surface area contributed by atoms with Gasteiger partial charge in [0.05, 0.1) is 11.7 Å². The summed E-state index contributed by atoms with van der Waals surface area (Å²) in [6.07, 6.45) is 8.99. The van der Waals surface area contributed by atoms with E-state index in [0.717, 1.165) is 0 Å². The van der Waals surface area contributed by atoms with E-state index in [4.69, 9.17) is 0 Å². The van der Waals surface area contributed by atoms with Crippen LogP contribution in [0.5, 0.6) is 0 Å². The maximum absolute atomic E-state index is 3.75. The molecule has 0 bridgehead atoms. The van der Waals surface area contributed by atoms with E-state index in [1.807, 2.05) is 11.3 Å². The summed E-state index contributed by atoms with van der Waals surface area (Å²) in [5.41, 5.74) is 1.54. The standard InChI is InChI=1S/C17H17NS/c1-17(2)12-8-4-5-9-13(12)18-15-11-7-3-6-10-14(11)19-16(15)17/h3-10,12-13,18H,1-2H3. The number of hydrogen-bond acceptors (Lipinski definition) is 2. The Morgan fingerprint density at radius 3 is 2.79 bits per heavy atom. The van der Waals surface area contributed by atoms with Gasteiger partial charge in [0.1, 0.15) is 0 Å². The van der Waals surface area contributed by atoms with Gasteiger partial charge in [0.25, 0.3) is 0 Å². The minimum absolute atomic E-state index is 0.191. The third-order valence-electron chi connectivity index (χ3n) is 4.46. The van der Waals surface area contributed by atoms with Crippen molar-refractivity contribution in [2.24, 2.45) is 5.92 Å². The van der Waals surface area contributed by atoms with Crippen LogP contribution in [0.25, 0.3) is 10.1 Å². The lowest BCUT2D eigenvalue weighted by Crippen LogP contribution is -2.44. The Morgan fingerprint density at radius 1 is 1.11 bits per heavy atom. The SMILES string of the molecule is CC1(C)c2sc3ccccc3c2NC2C=CC=CC21. The Balaban J connectivity index is 1.99. The quantitative estimate of drug-likeness (QED) is 0.728. The molecule has 19 heavy (non-hydrogen) atoms. The van der Waals surface area contributed by atoms with Crippen LogP contribution in [0.4, 0.5) is 5.69 Å². The summed E-state index contributed by atoms with van der Waals surface area (Å²) in [6, 6.07) is 9.14. The smallest absolute Gasteiger partial charge is 0.0572 e. The van der Waals surface area contributed by atoms with Gasteiger partial charge in [0.15, 0.2) is 0 Å². The molecule has 96 valence electrons. The average Bonchev–Trinajstić information content (AvgIpc) is 2.79. The first-order chi connectivity index (χ1) is 9.18. The summed E-state index contributed by atoms with van der Waals surface area (Å²) < 4.78 is 1.39. The Morgan fingerprint density at radius 2 is 1.89 bits per heavy atom. The molecule has 0 saturated heterocycles. The van der Waals surface area contributed by atoms with E-state index in [9.17, 15) is 0 Å². The number of fused-ring (bicyclic) bond motifs is 4. The van der Waals surface area contributed by atoms with Crippen LogP contribution in [0.15, 0.2) is 48.6 Å². The van der Waals surface area contributed by atoms with Gasteiger partial charge in [-0.05, 0) is 6.07 Å². The fourth-order valence-corrected chi connectivity index (χ4v) is 4.71. The lowest BCUT2D eigenvalue weighted by Gasteiger charge is -2.43. The summed E-state index contributed by atoms with van der Waals surface area (Å²) in [7, 11) is 0. The van der Waals surface area contributed by atoms with Gasteiger partial charge in [0, 0.05) is 26.3 Å². The molecule has 1 aliphatic carbocycles. The molecule has 2 atom stereocenters. The molecule has 0 spiro atoms. The highest BCUT2D eigenvalue weighted by Gasteiger charge is 2.42. The van der Waals surface area contributed by atoms with Gasteiger partial charge >= 0.3 is 0 Å². The van der Waals surface area contributed by atoms with Gasteiger partial charge in [-0.25, -0.2) is 0 Å². The summed E-state index contributed by atoms with van der Waals surface area (Å²) >= 11 is 1.94. The predicted molar refractivity (Wildman–Crippen MR) is 84.0 cm³/mol. The van der Waals surface area contributed by atoms with Crippen LogP contribution < -0.4 is 5.32 Å². The minimum atomic E-state index is 0.191. The Bertz CT molecular complexity index is 705. The van der Waals surface area contributed by atoms with E-state index >= 15 is 0 Å². The number of hydrogen-bond donors (Lipinski definition) is 1. The highest BCUT2D eigenvalue weighted by atomic mass is 32.1. The van der Waals surface area contributed by atoms with E-state index in [1.165, 1.54) is 20.7 Å². The molecule has 1 aromatic carbocycles. The molecule has 2 aromatic rings. The van der Waals surface area contributed by atoms with Crippen molar-refractivity contribution in [2.75, 3.05) is 5.32 Å². The zero-order chi connectivity index (χ0) is 13.0. The Labute approximate surface area is 117 Å². The topological polar surface area (TPSA) is 12.0 Å². The molecular weight excluding hydrogens is 250 g/mol. The highest BCUT2D eigenvalue weighted by Crippen LogP contribution is 2.51. The van der Waals surface area contributed by atoms with Gasteiger partial charge < -0.3 is 5.32 Å². The van der Waals surface area contributed by atoms with Crippen LogP contribution >= 0.6 is 11.3 Å². The molecule has 0 saturated carbocycles. The van der Waals surface area contributed by atoms with Crippen molar-refractivity contribution in [1.82, 2.24) is 0 Å². The Kier molecular flexibility index (Phi) is 2.22. The van der Waals surface area contributed by atoms with Crippen molar-refractivity contribution in [3.63, 3.8) is 0 Å². The first-order valence-corrected chi connectivity index (χ1v) is 7.63. The lowest BCUT2D eigenvalue weighted by atomic mass is 9.69. The molecular formula is C17H17NS. The van der Waals surface area contributed by atoms with Crippen molar-refractivity contribution in [3.8, 4) is 0 Å². The van der Waals surface area contributed by atoms with Crippen molar-refractivity contribution >= 4 is 27.1 Å². The number of rotatable bonds is 0. The maximum Gasteiger partial charge on any atom is 0.0572 e. The van der Waals surface area contributed by atoms with E-state index in [2.05, 4.69) is 67.7 Å². The molecule has 1 N–H and O–H groups in total. The third kappa shape index (κ3) is 1.47. The second-order valence-electron chi connectivity index (χ2n) is 5.99. The van der Waals surface area contributed by atoms with E-state index in [-0.39, 0.29) is 5.41 Å². The molecule has 4 rings (SSSR count). The minimum Gasteiger partial charge on any atom is -0.377 e. The fraction of sp³-hybridized carbons (Fsp3) is 0.294. The van der Waals surface area contributed by atoms with Gasteiger partial charge in [-0.3, -0.25) is 0 Å². The molecule has 1 aliphatic heterocycles. The first kappa shape index (κ1) is 11.3. The molecule has 0 amide bonds. The van der Waals surface area contributed by atoms with Crippen LogP contribution in [0.1, 0.15) is 18.7 Å². The van der Waals surface area contributed by atoms with E-state index < -0.39 is 0 Å². The monoisotopic (exact) mass is 267 g/mol. The van der Waals surface area contributed by atoms with Crippen molar-refractivity contribution in [1.29, 1.82) is 0 Å². The molecule has 0 radical (unpaired) electrons. The molecule has 2 unspecified atom stereocenters. The second-order valence-corrected chi connectivity index (χ2v) is 7.04. The van der Waals surface area contributed by atoms with E-state index in [0.29, 0.717) is 12.0 Å². The summed E-state index contributed by atoms with van der Waals surface area (Å²) in [5, 5.41) is 5.12. The van der Waals surface area contributed by atoms with E-state index in [1.54, 1.807) is 0 Å². The molecule has 2 heteroatoms. The van der Waals surface area contributed by atoms with Gasteiger partial charge in [-0.1, -0.05) is 56.4 Å². The summed E-state index contributed by atoms with van der Waals surface area (Å²) in [6.45, 7) is 4.76. The molecule has 0 fully saturated rings. The molecule has 1 nitrogen and oxygen atoms in total. The normalized spacial score (nSPS) is 26.8. The van der Waals surface area contributed by atoms with Crippen LogP contribution in [0.2, 0.25) is 0 Å². The van der Waals surface area contributed by atoms with Gasteiger partial charge in [-0.2, -0.15) is 0 Å². The summed E-state index contributed by atoms with van der Waals surface area (Å²) in [4.78, 5) is 1.50. The van der Waals surface area contributed by atoms with Gasteiger partial charge in [0.2, 0.25) is 0 Å². The number of benzene rings is 1. The van der Waals surface area contributed by atoms with Crippen molar-refractivity contribution < 1.29 is 0 Å². The summed E-state index contributed by atoms with van der Waals surface area (Å²) in [5.74, 6) is 0.540. The average molecular weight is 267 g/mol. The van der Waals surface area contributed by atoms with Crippen LogP contribution in [0, 0.1) is 5.92 Å². The lowest BCUT2D eigenvalue weighted by molar-refractivity contribution is 0.357. The van der Waals surface area contributed by atoms with Crippen molar-refractivity contribution in [3.05, 3.63) is 53.4 Å². The predicted octanol–water partition coefficient (Wildman–Crippen LogP) is 4.72. The Hall–Kier alpha value is -1.54. The van der Waals surface area contributed by atoms with Crippen LogP contribution in [-0.2, 0) is 5.41 Å². The number of allylic oxidation sites excluding steroid dienone is 2. The molecule has 1 aromatic heterocycles. The first-order valence-electron chi connectivity index (χ1n) is 6.81. The van der Waals surface area contributed by atoms with Crippen molar-refractivity contribution in [2.45, 2.75) is 25.3 Å². The number of anilines is 1. The molecule has 2 heterocycles.